The molecule has 4 rings (SSSR count). The molecule has 2 aliphatic rings. The second-order valence-electron chi connectivity index (χ2n) is 10.5. The maximum absolute atomic E-state index is 12.8. The number of nitrogens with zero attached hydrogens (tertiary/aromatic N) is 2. The topological polar surface area (TPSA) is 101 Å². The standard InChI is InChI=1S/C28H37N3O4/c1-28(2,21-7-5-14-29-18-21)27(34)31-25(26(32)33)13-15-35-23-16-19(17-23)9-11-22-12-10-20-6-3-4-8-24(20)30-22/h5,7,10,12,14,18-19,23,25H,3-4,6,8-9,11,13,15-17H2,1-2H3,(H,31,34)(H,32,33). The van der Waals surface area contributed by atoms with Crippen LogP contribution in [-0.4, -0.2) is 45.7 Å². The van der Waals surface area contributed by atoms with Gasteiger partial charge in [-0.25, -0.2) is 4.79 Å². The zero-order chi connectivity index (χ0) is 24.8. The van der Waals surface area contributed by atoms with E-state index >= 15 is 0 Å². The van der Waals surface area contributed by atoms with Crippen LogP contribution < -0.4 is 5.32 Å². The summed E-state index contributed by atoms with van der Waals surface area (Å²) in [6.07, 6.45) is 12.6. The monoisotopic (exact) mass is 479 g/mol. The molecule has 0 saturated heterocycles. The van der Waals surface area contributed by atoms with E-state index in [1.54, 1.807) is 32.3 Å². The number of hydrogen-bond donors (Lipinski definition) is 2. The number of hydrogen-bond acceptors (Lipinski definition) is 5. The summed E-state index contributed by atoms with van der Waals surface area (Å²) in [4.78, 5) is 33.5. The lowest BCUT2D eigenvalue weighted by Crippen LogP contribution is -2.49. The minimum Gasteiger partial charge on any atom is -0.480 e. The van der Waals surface area contributed by atoms with Gasteiger partial charge in [-0.1, -0.05) is 12.1 Å². The SMILES string of the molecule is CC(C)(C(=O)NC(CCOC1CC(CCc2ccc3c(n2)CCCC3)C1)C(=O)O)c1cccnc1. The first-order chi connectivity index (χ1) is 16.8. The highest BCUT2D eigenvalue weighted by molar-refractivity contribution is 5.90. The van der Waals surface area contributed by atoms with Gasteiger partial charge >= 0.3 is 5.97 Å². The summed E-state index contributed by atoms with van der Waals surface area (Å²) in [5, 5.41) is 12.3. The Bertz CT molecular complexity index is 1020. The van der Waals surface area contributed by atoms with E-state index in [4.69, 9.17) is 9.72 Å². The lowest BCUT2D eigenvalue weighted by Gasteiger charge is -2.35. The van der Waals surface area contributed by atoms with E-state index in [2.05, 4.69) is 22.4 Å². The van der Waals surface area contributed by atoms with Gasteiger partial charge in [0, 0.05) is 36.8 Å². The van der Waals surface area contributed by atoms with Gasteiger partial charge in [0.25, 0.3) is 0 Å². The minimum absolute atomic E-state index is 0.175. The number of fused-ring (bicyclic) bond motifs is 1. The third kappa shape index (κ3) is 6.45. The number of aryl methyl sites for hydroxylation is 3. The summed E-state index contributed by atoms with van der Waals surface area (Å²) in [7, 11) is 0. The van der Waals surface area contributed by atoms with Crippen LogP contribution in [0.1, 0.15) is 74.9 Å². The van der Waals surface area contributed by atoms with Crippen molar-refractivity contribution in [3.05, 3.63) is 59.2 Å². The molecule has 0 bridgehead atoms. The highest BCUT2D eigenvalue weighted by atomic mass is 16.5. The van der Waals surface area contributed by atoms with Gasteiger partial charge in [-0.2, -0.15) is 0 Å². The van der Waals surface area contributed by atoms with Crippen LogP contribution >= 0.6 is 0 Å². The van der Waals surface area contributed by atoms with Gasteiger partial charge in [-0.15, -0.1) is 0 Å². The smallest absolute Gasteiger partial charge is 0.326 e. The number of nitrogens with one attached hydrogen (secondary N) is 1. The molecule has 1 fully saturated rings. The molecule has 7 heteroatoms. The Balaban J connectivity index is 1.16. The molecule has 1 unspecified atom stereocenters. The lowest BCUT2D eigenvalue weighted by atomic mass is 9.79. The van der Waals surface area contributed by atoms with Crippen LogP contribution in [0.25, 0.3) is 0 Å². The molecule has 0 radical (unpaired) electrons. The third-order valence-corrected chi connectivity index (χ3v) is 7.55. The molecule has 0 spiro atoms. The molecule has 2 heterocycles. The molecular formula is C28H37N3O4. The normalized spacial score (nSPS) is 20.4. The number of rotatable bonds is 11. The van der Waals surface area contributed by atoms with Gasteiger partial charge in [0.05, 0.1) is 11.5 Å². The number of carboxylic acids is 1. The second-order valence-corrected chi connectivity index (χ2v) is 10.5. The summed E-state index contributed by atoms with van der Waals surface area (Å²) >= 11 is 0. The Labute approximate surface area is 207 Å². The summed E-state index contributed by atoms with van der Waals surface area (Å²) in [6.45, 7) is 3.85. The minimum atomic E-state index is -1.05. The average Bonchev–Trinajstić information content (AvgIpc) is 2.84. The summed E-state index contributed by atoms with van der Waals surface area (Å²) in [5.74, 6) is -0.751. The molecule has 1 atom stereocenters. The van der Waals surface area contributed by atoms with Crippen molar-refractivity contribution in [3.63, 3.8) is 0 Å². The number of carbonyl (C=O) groups is 2. The predicted octanol–water partition coefficient (Wildman–Crippen LogP) is 4.02. The highest BCUT2D eigenvalue weighted by Crippen LogP contribution is 2.34. The van der Waals surface area contributed by atoms with Gasteiger partial charge in [-0.3, -0.25) is 14.8 Å². The highest BCUT2D eigenvalue weighted by Gasteiger charge is 2.34. The fourth-order valence-corrected chi connectivity index (χ4v) is 4.98. The van der Waals surface area contributed by atoms with Gasteiger partial charge in [0.15, 0.2) is 0 Å². The van der Waals surface area contributed by atoms with Crippen LogP contribution in [0.3, 0.4) is 0 Å². The fraction of sp³-hybridized carbons (Fsp3) is 0.571. The quantitative estimate of drug-likeness (QED) is 0.505. The Kier molecular flexibility index (Phi) is 8.16. The second kappa shape index (κ2) is 11.3. The first-order valence-electron chi connectivity index (χ1n) is 12.9. The third-order valence-electron chi connectivity index (χ3n) is 7.55. The molecule has 35 heavy (non-hydrogen) atoms. The molecule has 1 amide bonds. The molecule has 0 aromatic carbocycles. The number of aliphatic carboxylic acids is 1. The van der Waals surface area contributed by atoms with Crippen LogP contribution in [0, 0.1) is 5.92 Å². The van der Waals surface area contributed by atoms with E-state index in [0.717, 1.165) is 37.7 Å². The van der Waals surface area contributed by atoms with Crippen molar-refractivity contribution >= 4 is 11.9 Å². The molecule has 7 nitrogen and oxygen atoms in total. The number of ether oxygens (including phenoxy) is 1. The predicted molar refractivity (Wildman–Crippen MR) is 133 cm³/mol. The molecule has 188 valence electrons. The van der Waals surface area contributed by atoms with Gasteiger partial charge < -0.3 is 15.2 Å². The van der Waals surface area contributed by atoms with Crippen molar-refractivity contribution in [1.82, 2.24) is 15.3 Å². The number of carboxylic acid groups (broad SMARTS) is 1. The number of amides is 1. The lowest BCUT2D eigenvalue weighted by molar-refractivity contribution is -0.143. The van der Waals surface area contributed by atoms with Crippen molar-refractivity contribution in [2.45, 2.75) is 89.2 Å². The molecule has 2 aromatic rings. The van der Waals surface area contributed by atoms with Crippen LogP contribution in [-0.2, 0) is 39.0 Å². The van der Waals surface area contributed by atoms with E-state index in [0.29, 0.717) is 12.5 Å². The molecule has 2 N–H and O–H groups in total. The number of carbonyl (C=O) groups excluding carboxylic acids is 1. The van der Waals surface area contributed by atoms with Crippen molar-refractivity contribution in [3.8, 4) is 0 Å². The first-order valence-corrected chi connectivity index (χ1v) is 12.9. The van der Waals surface area contributed by atoms with Gasteiger partial charge in [0.1, 0.15) is 6.04 Å². The largest absolute Gasteiger partial charge is 0.480 e. The van der Waals surface area contributed by atoms with Crippen LogP contribution in [0.4, 0.5) is 0 Å². The maximum atomic E-state index is 12.8. The van der Waals surface area contributed by atoms with Crippen LogP contribution in [0.15, 0.2) is 36.7 Å². The van der Waals surface area contributed by atoms with Gasteiger partial charge in [-0.05, 0) is 94.4 Å². The summed E-state index contributed by atoms with van der Waals surface area (Å²) in [5.41, 5.74) is 3.78. The molecule has 0 aliphatic heterocycles. The zero-order valence-corrected chi connectivity index (χ0v) is 20.8. The van der Waals surface area contributed by atoms with Crippen molar-refractivity contribution < 1.29 is 19.4 Å². The Morgan fingerprint density at radius 2 is 2.00 bits per heavy atom. The zero-order valence-electron chi connectivity index (χ0n) is 20.8. The Hall–Kier alpha value is -2.80. The van der Waals surface area contributed by atoms with Crippen LogP contribution in [0.2, 0.25) is 0 Å². The van der Waals surface area contributed by atoms with E-state index < -0.39 is 17.4 Å². The van der Waals surface area contributed by atoms with E-state index in [1.807, 2.05) is 6.07 Å². The van der Waals surface area contributed by atoms with Crippen molar-refractivity contribution in [1.29, 1.82) is 0 Å². The van der Waals surface area contributed by atoms with E-state index in [9.17, 15) is 14.7 Å². The van der Waals surface area contributed by atoms with Crippen LogP contribution in [0.5, 0.6) is 0 Å². The Morgan fingerprint density at radius 3 is 2.74 bits per heavy atom. The average molecular weight is 480 g/mol. The molecule has 1 saturated carbocycles. The van der Waals surface area contributed by atoms with Crippen molar-refractivity contribution in [2.24, 2.45) is 5.92 Å². The molecule has 2 aromatic heterocycles. The first kappa shape index (κ1) is 25.3. The Morgan fingerprint density at radius 1 is 1.20 bits per heavy atom. The molecule has 2 aliphatic carbocycles. The van der Waals surface area contributed by atoms with E-state index in [1.165, 1.54) is 36.2 Å². The van der Waals surface area contributed by atoms with Crippen molar-refractivity contribution in [2.75, 3.05) is 6.61 Å². The summed E-state index contributed by atoms with van der Waals surface area (Å²) < 4.78 is 5.93. The fourth-order valence-electron chi connectivity index (χ4n) is 4.98. The maximum Gasteiger partial charge on any atom is 0.326 e. The van der Waals surface area contributed by atoms with E-state index in [-0.39, 0.29) is 18.4 Å². The number of aromatic nitrogens is 2. The van der Waals surface area contributed by atoms with Gasteiger partial charge in [0.2, 0.25) is 5.91 Å². The summed E-state index contributed by atoms with van der Waals surface area (Å²) in [6, 6.07) is 7.05. The molecular weight excluding hydrogens is 442 g/mol. The number of pyridine rings is 2.